The molecule has 0 bridgehead atoms. The van der Waals surface area contributed by atoms with E-state index in [0.717, 1.165) is 32.3 Å². The minimum atomic E-state index is -0.346. The monoisotopic (exact) mass is 214 g/mol. The molecule has 0 spiro atoms. The molecule has 1 amide bonds. The first-order valence-electron chi connectivity index (χ1n) is 5.84. The van der Waals surface area contributed by atoms with Gasteiger partial charge >= 0.3 is 0 Å². The highest BCUT2D eigenvalue weighted by Gasteiger charge is 2.31. The number of hydrogen-bond donors (Lipinski definition) is 2. The van der Waals surface area contributed by atoms with Crippen LogP contribution in [-0.2, 0) is 9.53 Å². The molecule has 0 unspecified atom stereocenters. The van der Waals surface area contributed by atoms with E-state index in [2.05, 4.69) is 5.32 Å². The van der Waals surface area contributed by atoms with Crippen molar-refractivity contribution in [1.29, 1.82) is 0 Å². The minimum Gasteiger partial charge on any atom is -0.378 e. The second-order valence-electron chi connectivity index (χ2n) is 4.15. The van der Waals surface area contributed by atoms with Crippen LogP contribution in [0.1, 0.15) is 39.5 Å². The number of amides is 1. The highest BCUT2D eigenvalue weighted by atomic mass is 16.5. The Morgan fingerprint density at radius 2 is 2.20 bits per heavy atom. The Morgan fingerprint density at radius 3 is 2.73 bits per heavy atom. The zero-order chi connectivity index (χ0) is 11.3. The number of hydrogen-bond acceptors (Lipinski definition) is 3. The molecule has 1 aliphatic carbocycles. The van der Waals surface area contributed by atoms with Gasteiger partial charge in [-0.3, -0.25) is 4.79 Å². The number of ether oxygens (including phenoxy) is 1. The van der Waals surface area contributed by atoms with E-state index >= 15 is 0 Å². The van der Waals surface area contributed by atoms with Gasteiger partial charge in [0.15, 0.2) is 0 Å². The van der Waals surface area contributed by atoms with Crippen LogP contribution in [0.2, 0.25) is 0 Å². The molecule has 0 saturated heterocycles. The Hall–Kier alpha value is -0.610. The molecule has 88 valence electrons. The van der Waals surface area contributed by atoms with Gasteiger partial charge < -0.3 is 15.8 Å². The van der Waals surface area contributed by atoms with Crippen LogP contribution in [0.3, 0.4) is 0 Å². The quantitative estimate of drug-likeness (QED) is 0.687. The maximum absolute atomic E-state index is 11.5. The standard InChI is InChI=1S/C11H22N2O2/c1-3-5-10(12)11(14)13-8-6-9(7-8)15-4-2/h8-10H,3-7,12H2,1-2H3,(H,13,14)/t8?,9?,10-/m0/s1. The highest BCUT2D eigenvalue weighted by molar-refractivity contribution is 5.81. The molecule has 0 radical (unpaired) electrons. The second kappa shape index (κ2) is 6.08. The first kappa shape index (κ1) is 12.5. The number of nitrogens with one attached hydrogen (secondary N) is 1. The van der Waals surface area contributed by atoms with Crippen LogP contribution in [0.25, 0.3) is 0 Å². The first-order valence-corrected chi connectivity index (χ1v) is 5.84. The van der Waals surface area contributed by atoms with Crippen molar-refractivity contribution in [3.63, 3.8) is 0 Å². The van der Waals surface area contributed by atoms with Crippen molar-refractivity contribution >= 4 is 5.91 Å². The van der Waals surface area contributed by atoms with Gasteiger partial charge in [0.05, 0.1) is 12.1 Å². The lowest BCUT2D eigenvalue weighted by atomic mass is 9.89. The van der Waals surface area contributed by atoms with E-state index in [1.807, 2.05) is 13.8 Å². The number of carbonyl (C=O) groups excluding carboxylic acids is 1. The highest BCUT2D eigenvalue weighted by Crippen LogP contribution is 2.23. The average Bonchev–Trinajstić information content (AvgIpc) is 2.14. The smallest absolute Gasteiger partial charge is 0.237 e. The summed E-state index contributed by atoms with van der Waals surface area (Å²) < 4.78 is 5.42. The summed E-state index contributed by atoms with van der Waals surface area (Å²) in [6.07, 6.45) is 3.90. The number of nitrogens with two attached hydrogens (primary N) is 1. The summed E-state index contributed by atoms with van der Waals surface area (Å²) in [6, 6.07) is -0.0712. The minimum absolute atomic E-state index is 0.0169. The third-order valence-electron chi connectivity index (χ3n) is 2.78. The molecule has 4 nitrogen and oxygen atoms in total. The topological polar surface area (TPSA) is 64.4 Å². The Kier molecular flexibility index (Phi) is 5.05. The van der Waals surface area contributed by atoms with Crippen LogP contribution in [0.5, 0.6) is 0 Å². The molecule has 1 rings (SSSR count). The van der Waals surface area contributed by atoms with Crippen molar-refractivity contribution in [3.05, 3.63) is 0 Å². The van der Waals surface area contributed by atoms with Crippen LogP contribution in [0.15, 0.2) is 0 Å². The fraction of sp³-hybridized carbons (Fsp3) is 0.909. The second-order valence-corrected chi connectivity index (χ2v) is 4.15. The van der Waals surface area contributed by atoms with E-state index < -0.39 is 0 Å². The Morgan fingerprint density at radius 1 is 1.53 bits per heavy atom. The molecule has 0 aromatic heterocycles. The van der Waals surface area contributed by atoms with Gasteiger partial charge in [0.1, 0.15) is 0 Å². The Bertz CT molecular complexity index is 203. The fourth-order valence-corrected chi connectivity index (χ4v) is 1.81. The molecule has 1 aliphatic rings. The molecule has 0 aromatic carbocycles. The van der Waals surface area contributed by atoms with E-state index in [4.69, 9.17) is 10.5 Å². The van der Waals surface area contributed by atoms with Crippen molar-refractivity contribution in [2.45, 2.75) is 57.7 Å². The van der Waals surface area contributed by atoms with Crippen LogP contribution >= 0.6 is 0 Å². The fourth-order valence-electron chi connectivity index (χ4n) is 1.81. The summed E-state index contributed by atoms with van der Waals surface area (Å²) in [4.78, 5) is 11.5. The molecule has 3 N–H and O–H groups in total. The van der Waals surface area contributed by atoms with E-state index in [0.29, 0.717) is 6.10 Å². The normalized spacial score (nSPS) is 26.9. The Balaban J connectivity index is 2.13. The molecule has 0 aromatic rings. The maximum Gasteiger partial charge on any atom is 0.237 e. The van der Waals surface area contributed by atoms with Crippen molar-refractivity contribution in [2.75, 3.05) is 6.61 Å². The maximum atomic E-state index is 11.5. The summed E-state index contributed by atoms with van der Waals surface area (Å²) in [5, 5.41) is 2.95. The first-order chi connectivity index (χ1) is 7.17. The average molecular weight is 214 g/mol. The van der Waals surface area contributed by atoms with Crippen molar-refractivity contribution in [3.8, 4) is 0 Å². The molecule has 1 atom stereocenters. The molecular formula is C11H22N2O2. The largest absolute Gasteiger partial charge is 0.378 e. The molecule has 1 saturated carbocycles. The lowest BCUT2D eigenvalue weighted by Gasteiger charge is -2.35. The molecule has 4 heteroatoms. The van der Waals surface area contributed by atoms with Gasteiger partial charge in [-0.05, 0) is 26.2 Å². The lowest BCUT2D eigenvalue weighted by Crippen LogP contribution is -2.52. The van der Waals surface area contributed by atoms with Crippen molar-refractivity contribution < 1.29 is 9.53 Å². The van der Waals surface area contributed by atoms with Gasteiger partial charge in [0.25, 0.3) is 0 Å². The zero-order valence-corrected chi connectivity index (χ0v) is 9.66. The van der Waals surface area contributed by atoms with Crippen molar-refractivity contribution in [2.24, 2.45) is 5.73 Å². The van der Waals surface area contributed by atoms with Gasteiger partial charge in [-0.2, -0.15) is 0 Å². The zero-order valence-electron chi connectivity index (χ0n) is 9.66. The molecule has 15 heavy (non-hydrogen) atoms. The van der Waals surface area contributed by atoms with Gasteiger partial charge in [-0.1, -0.05) is 13.3 Å². The van der Waals surface area contributed by atoms with Gasteiger partial charge in [0.2, 0.25) is 5.91 Å². The summed E-state index contributed by atoms with van der Waals surface area (Å²) in [5.74, 6) is -0.0169. The van der Waals surface area contributed by atoms with Crippen LogP contribution in [-0.4, -0.2) is 30.7 Å². The Labute approximate surface area is 91.5 Å². The van der Waals surface area contributed by atoms with Crippen molar-refractivity contribution in [1.82, 2.24) is 5.32 Å². The SMILES string of the molecule is CCC[C@H](N)C(=O)NC1CC(OCC)C1. The molecular weight excluding hydrogens is 192 g/mol. The van der Waals surface area contributed by atoms with Crippen LogP contribution in [0.4, 0.5) is 0 Å². The predicted octanol–water partition coefficient (Wildman–Crippen LogP) is 0.797. The summed E-state index contributed by atoms with van der Waals surface area (Å²) in [6.45, 7) is 4.77. The molecule has 0 aliphatic heterocycles. The summed E-state index contributed by atoms with van der Waals surface area (Å²) >= 11 is 0. The summed E-state index contributed by atoms with van der Waals surface area (Å²) in [5.41, 5.74) is 5.70. The molecule has 0 heterocycles. The van der Waals surface area contributed by atoms with E-state index in [1.54, 1.807) is 0 Å². The lowest BCUT2D eigenvalue weighted by molar-refractivity contribution is -0.125. The van der Waals surface area contributed by atoms with Gasteiger partial charge in [0, 0.05) is 12.6 Å². The number of rotatable bonds is 6. The van der Waals surface area contributed by atoms with E-state index in [1.165, 1.54) is 0 Å². The third kappa shape index (κ3) is 3.80. The third-order valence-corrected chi connectivity index (χ3v) is 2.78. The van der Waals surface area contributed by atoms with Gasteiger partial charge in [-0.25, -0.2) is 0 Å². The van der Waals surface area contributed by atoms with Crippen LogP contribution < -0.4 is 11.1 Å². The van der Waals surface area contributed by atoms with Gasteiger partial charge in [-0.15, -0.1) is 0 Å². The predicted molar refractivity (Wildman–Crippen MR) is 59.5 cm³/mol. The van der Waals surface area contributed by atoms with Crippen LogP contribution in [0, 0.1) is 0 Å². The van der Waals surface area contributed by atoms with E-state index in [9.17, 15) is 4.79 Å². The molecule has 1 fully saturated rings. The number of carbonyl (C=O) groups is 1. The summed E-state index contributed by atoms with van der Waals surface area (Å²) in [7, 11) is 0. The van der Waals surface area contributed by atoms with E-state index in [-0.39, 0.29) is 18.0 Å².